The molecule has 9 nitrogen and oxygen atoms in total. The summed E-state index contributed by atoms with van der Waals surface area (Å²) in [6.07, 6.45) is 41.6. The van der Waals surface area contributed by atoms with Gasteiger partial charge < -0.3 is 18.9 Å². The van der Waals surface area contributed by atoms with Crippen molar-refractivity contribution in [3.05, 3.63) is 48.6 Å². The van der Waals surface area contributed by atoms with Gasteiger partial charge in [0.1, 0.15) is 19.8 Å². The average Bonchev–Trinajstić information content (AvgIpc) is 3.12. The molecule has 0 amide bonds. The molecule has 0 spiro atoms. The molecule has 0 aliphatic rings. The number of esters is 2. The lowest BCUT2D eigenvalue weighted by Gasteiger charge is -2.24. The number of hydrogen-bond acceptors (Lipinski definition) is 7. The normalized spacial score (nSPS) is 14.1. The number of quaternary nitrogens is 1. The van der Waals surface area contributed by atoms with E-state index in [-0.39, 0.29) is 32.0 Å². The molecule has 0 bridgehead atoms. The SMILES string of the molecule is CCCCC/C=C/C/C=C/C/C=C\C/C=C/CCCC(=O)O[C@H](COC(=O)CCCCCCCCCCCCCCC)COP(=O)(O)OCC[N+](C)(C)C. The van der Waals surface area contributed by atoms with Crippen molar-refractivity contribution in [3.8, 4) is 0 Å². The van der Waals surface area contributed by atoms with E-state index in [1.165, 1.54) is 89.9 Å². The number of unbranched alkanes of at least 4 members (excludes halogenated alkanes) is 16. The highest BCUT2D eigenvalue weighted by Crippen LogP contribution is 2.43. The monoisotopic (exact) mass is 783 g/mol. The Morgan fingerprint density at radius 3 is 1.54 bits per heavy atom. The number of carbonyl (C=O) groups excluding carboxylic acids is 2. The summed E-state index contributed by atoms with van der Waals surface area (Å²) in [5.41, 5.74) is 0. The van der Waals surface area contributed by atoms with E-state index in [2.05, 4.69) is 56.4 Å². The van der Waals surface area contributed by atoms with Gasteiger partial charge in [-0.3, -0.25) is 18.6 Å². The van der Waals surface area contributed by atoms with Crippen molar-refractivity contribution in [2.45, 2.75) is 174 Å². The van der Waals surface area contributed by atoms with Crippen molar-refractivity contribution in [2.24, 2.45) is 0 Å². The van der Waals surface area contributed by atoms with E-state index < -0.39 is 26.5 Å². The van der Waals surface area contributed by atoms with Crippen LogP contribution >= 0.6 is 7.82 Å². The molecule has 314 valence electrons. The van der Waals surface area contributed by atoms with Gasteiger partial charge in [0.25, 0.3) is 0 Å². The van der Waals surface area contributed by atoms with Crippen LogP contribution in [0, 0.1) is 0 Å². The van der Waals surface area contributed by atoms with Gasteiger partial charge in [0.2, 0.25) is 0 Å². The first-order valence-corrected chi connectivity index (χ1v) is 22.9. The van der Waals surface area contributed by atoms with Crippen molar-refractivity contribution in [1.82, 2.24) is 0 Å². The zero-order valence-electron chi connectivity index (χ0n) is 35.2. The maximum atomic E-state index is 12.6. The van der Waals surface area contributed by atoms with Crippen LogP contribution in [0.2, 0.25) is 0 Å². The van der Waals surface area contributed by atoms with E-state index in [1.54, 1.807) is 0 Å². The first kappa shape index (κ1) is 52.0. The molecule has 0 fully saturated rings. The molecular formula is C44H81NO8P+. The van der Waals surface area contributed by atoms with E-state index >= 15 is 0 Å². The van der Waals surface area contributed by atoms with Gasteiger partial charge in [-0.1, -0.05) is 152 Å². The fourth-order valence-corrected chi connectivity index (χ4v) is 6.22. The molecule has 10 heteroatoms. The van der Waals surface area contributed by atoms with Gasteiger partial charge in [-0.25, -0.2) is 4.57 Å². The first-order chi connectivity index (χ1) is 26.0. The van der Waals surface area contributed by atoms with Gasteiger partial charge in [-0.05, 0) is 51.4 Å². The van der Waals surface area contributed by atoms with Gasteiger partial charge in [-0.15, -0.1) is 0 Å². The maximum Gasteiger partial charge on any atom is 0.472 e. The number of ether oxygens (including phenoxy) is 2. The predicted octanol–water partition coefficient (Wildman–Crippen LogP) is 11.9. The highest BCUT2D eigenvalue weighted by Gasteiger charge is 2.27. The second kappa shape index (κ2) is 36.6. The van der Waals surface area contributed by atoms with Crippen LogP contribution in [-0.2, 0) is 32.7 Å². The number of allylic oxidation sites excluding steroid dienone is 8. The molecule has 0 rings (SSSR count). The van der Waals surface area contributed by atoms with Crippen molar-refractivity contribution >= 4 is 19.8 Å². The number of hydrogen-bond donors (Lipinski definition) is 1. The van der Waals surface area contributed by atoms with E-state index in [9.17, 15) is 19.0 Å². The summed E-state index contributed by atoms with van der Waals surface area (Å²) in [5, 5.41) is 0. The first-order valence-electron chi connectivity index (χ1n) is 21.4. The zero-order valence-corrected chi connectivity index (χ0v) is 36.1. The Kier molecular flexibility index (Phi) is 35.2. The van der Waals surface area contributed by atoms with E-state index in [4.69, 9.17) is 18.5 Å². The zero-order chi connectivity index (χ0) is 40.0. The molecule has 0 aromatic carbocycles. The Bertz CT molecular complexity index is 1070. The fourth-order valence-electron chi connectivity index (χ4n) is 5.48. The van der Waals surface area contributed by atoms with Gasteiger partial charge in [0.15, 0.2) is 6.10 Å². The lowest BCUT2D eigenvalue weighted by molar-refractivity contribution is -0.870. The molecule has 54 heavy (non-hydrogen) atoms. The van der Waals surface area contributed by atoms with Crippen molar-refractivity contribution < 1.29 is 42.1 Å². The van der Waals surface area contributed by atoms with Crippen LogP contribution in [0.5, 0.6) is 0 Å². The topological polar surface area (TPSA) is 108 Å². The largest absolute Gasteiger partial charge is 0.472 e. The highest BCUT2D eigenvalue weighted by molar-refractivity contribution is 7.47. The molecule has 0 radical (unpaired) electrons. The number of nitrogens with zero attached hydrogens (tertiary/aromatic N) is 1. The number of phosphoric ester groups is 1. The number of carbonyl (C=O) groups is 2. The summed E-state index contributed by atoms with van der Waals surface area (Å²) in [4.78, 5) is 35.3. The lowest BCUT2D eigenvalue weighted by atomic mass is 10.0. The van der Waals surface area contributed by atoms with Crippen molar-refractivity contribution in [1.29, 1.82) is 0 Å². The van der Waals surface area contributed by atoms with Crippen molar-refractivity contribution in [2.75, 3.05) is 47.5 Å². The summed E-state index contributed by atoms with van der Waals surface area (Å²) >= 11 is 0. The third kappa shape index (κ3) is 39.7. The molecular weight excluding hydrogens is 701 g/mol. The minimum absolute atomic E-state index is 0.0212. The number of rotatable bonds is 38. The van der Waals surface area contributed by atoms with E-state index in [0.717, 1.165) is 38.5 Å². The molecule has 0 aromatic heterocycles. The third-order valence-electron chi connectivity index (χ3n) is 8.86. The van der Waals surface area contributed by atoms with Crippen LogP contribution in [-0.4, -0.2) is 74.9 Å². The van der Waals surface area contributed by atoms with Crippen LogP contribution in [0.3, 0.4) is 0 Å². The second-order valence-corrected chi connectivity index (χ2v) is 16.8. The summed E-state index contributed by atoms with van der Waals surface area (Å²) in [5.74, 6) is -0.864. The summed E-state index contributed by atoms with van der Waals surface area (Å²) in [6, 6.07) is 0. The Morgan fingerprint density at radius 1 is 0.574 bits per heavy atom. The number of likely N-dealkylation sites (N-methyl/N-ethyl adjacent to an activating group) is 1. The third-order valence-corrected chi connectivity index (χ3v) is 9.85. The van der Waals surface area contributed by atoms with Gasteiger partial charge in [-0.2, -0.15) is 0 Å². The molecule has 0 heterocycles. The molecule has 0 saturated carbocycles. The Hall–Kier alpha value is -2.03. The van der Waals surface area contributed by atoms with Crippen LogP contribution in [0.15, 0.2) is 48.6 Å². The quantitative estimate of drug-likeness (QED) is 0.0217. The molecule has 0 aromatic rings. The molecule has 2 atom stereocenters. The molecule has 0 saturated heterocycles. The molecule has 1 N–H and O–H groups in total. The summed E-state index contributed by atoms with van der Waals surface area (Å²) in [6.45, 7) is 4.32. The van der Waals surface area contributed by atoms with E-state index in [0.29, 0.717) is 23.9 Å². The van der Waals surface area contributed by atoms with Gasteiger partial charge in [0, 0.05) is 12.8 Å². The van der Waals surface area contributed by atoms with Crippen LogP contribution in [0.25, 0.3) is 0 Å². The molecule has 1 unspecified atom stereocenters. The lowest BCUT2D eigenvalue weighted by Crippen LogP contribution is -2.37. The van der Waals surface area contributed by atoms with E-state index in [1.807, 2.05) is 27.2 Å². The smallest absolute Gasteiger partial charge is 0.462 e. The maximum absolute atomic E-state index is 12.6. The van der Waals surface area contributed by atoms with Crippen molar-refractivity contribution in [3.63, 3.8) is 0 Å². The van der Waals surface area contributed by atoms with Gasteiger partial charge >= 0.3 is 19.8 Å². The second-order valence-electron chi connectivity index (χ2n) is 15.4. The Morgan fingerprint density at radius 2 is 1.02 bits per heavy atom. The summed E-state index contributed by atoms with van der Waals surface area (Å²) in [7, 11) is 1.44. The minimum atomic E-state index is -4.39. The van der Waals surface area contributed by atoms with Crippen LogP contribution < -0.4 is 0 Å². The Labute approximate surface area is 331 Å². The minimum Gasteiger partial charge on any atom is -0.462 e. The molecule has 0 aliphatic heterocycles. The standard InChI is InChI=1S/C44H80NO8P/c1-6-8-10-12-14-16-18-20-21-22-23-25-27-29-31-33-35-37-44(47)53-42(41-52-54(48,49)51-39-38-45(3,4)5)40-50-43(46)36-34-32-30-28-26-24-19-17-15-13-11-9-7-2/h14,16,20-21,23,25,29,31,42H,6-13,15,17-19,22,24,26-28,30,32-41H2,1-5H3/p+1/b16-14+,21-20+,25-23-,31-29+/t42-/m1/s1. The summed E-state index contributed by atoms with van der Waals surface area (Å²) < 4.78 is 34.2. The molecule has 0 aliphatic carbocycles. The highest BCUT2D eigenvalue weighted by atomic mass is 31.2. The van der Waals surface area contributed by atoms with Gasteiger partial charge in [0.05, 0.1) is 27.7 Å². The number of phosphoric acid groups is 1. The average molecular weight is 783 g/mol. The van der Waals surface area contributed by atoms with Crippen LogP contribution in [0.4, 0.5) is 0 Å². The Balaban J connectivity index is 4.49. The predicted molar refractivity (Wildman–Crippen MR) is 224 cm³/mol. The fraction of sp³-hybridized carbons (Fsp3) is 0.773. The van der Waals surface area contributed by atoms with Crippen LogP contribution in [0.1, 0.15) is 168 Å².